The van der Waals surface area contributed by atoms with Gasteiger partial charge in [-0.2, -0.15) is 4.98 Å². The Balaban J connectivity index is 2.66. The van der Waals surface area contributed by atoms with Gasteiger partial charge in [-0.15, -0.1) is 0 Å². The molecule has 106 valence electrons. The Morgan fingerprint density at radius 3 is 2.70 bits per heavy atom. The zero-order valence-corrected chi connectivity index (χ0v) is 12.3. The summed E-state index contributed by atoms with van der Waals surface area (Å²) >= 11 is 11.4. The fourth-order valence-electron chi connectivity index (χ4n) is 1.24. The lowest BCUT2D eigenvalue weighted by Gasteiger charge is -2.05. The Hall–Kier alpha value is -1.85. The molecule has 0 atom stereocenters. The fraction of sp³-hybridized carbons (Fsp3) is 0.154. The minimum atomic E-state index is -0.456. The molecule has 0 aliphatic heterocycles. The summed E-state index contributed by atoms with van der Waals surface area (Å²) in [6.07, 6.45) is 2.96. The van der Waals surface area contributed by atoms with Crippen LogP contribution in [0.3, 0.4) is 0 Å². The molecule has 0 aliphatic rings. The predicted molar refractivity (Wildman–Crippen MR) is 80.8 cm³/mol. The first-order valence-corrected chi connectivity index (χ1v) is 6.28. The van der Waals surface area contributed by atoms with Gasteiger partial charge in [0.1, 0.15) is 5.82 Å². The van der Waals surface area contributed by atoms with Crippen LogP contribution >= 0.6 is 23.2 Å². The van der Waals surface area contributed by atoms with E-state index in [1.165, 1.54) is 22.9 Å². The molecule has 1 aromatic rings. The van der Waals surface area contributed by atoms with Crippen molar-refractivity contribution >= 4 is 34.9 Å². The molecule has 0 bridgehead atoms. The van der Waals surface area contributed by atoms with Crippen molar-refractivity contribution in [1.82, 2.24) is 9.55 Å². The number of hydrogen-bond acceptors (Lipinski definition) is 3. The van der Waals surface area contributed by atoms with Gasteiger partial charge in [-0.25, -0.2) is 4.79 Å². The number of aromatic nitrogens is 2. The zero-order valence-electron chi connectivity index (χ0n) is 10.8. The molecule has 20 heavy (non-hydrogen) atoms. The molecular formula is C13H13Cl2N3O2. The quantitative estimate of drug-likeness (QED) is 0.850. The minimum Gasteiger partial charge on any atom is -0.310 e. The molecule has 1 aromatic heterocycles. The Bertz CT molecular complexity index is 647. The summed E-state index contributed by atoms with van der Waals surface area (Å²) in [5, 5.41) is 2.88. The van der Waals surface area contributed by atoms with Gasteiger partial charge in [0.2, 0.25) is 5.91 Å². The van der Waals surface area contributed by atoms with E-state index in [1.54, 1.807) is 7.05 Å². The minimum absolute atomic E-state index is 0.00270. The molecule has 0 unspecified atom stereocenters. The largest absolute Gasteiger partial charge is 0.349 e. The number of rotatable bonds is 5. The summed E-state index contributed by atoms with van der Waals surface area (Å²) in [6.45, 7) is 7.13. The number of anilines is 1. The molecule has 0 spiro atoms. The number of carbonyl (C=O) groups is 1. The molecule has 0 saturated carbocycles. The summed E-state index contributed by atoms with van der Waals surface area (Å²) in [5.74, 6) is -0.181. The Kier molecular flexibility index (Phi) is 5.73. The Morgan fingerprint density at radius 1 is 1.50 bits per heavy atom. The number of hydrogen-bond donors (Lipinski definition) is 1. The zero-order chi connectivity index (χ0) is 15.3. The van der Waals surface area contributed by atoms with E-state index in [0.717, 1.165) is 0 Å². The maximum atomic E-state index is 11.7. The highest BCUT2D eigenvalue weighted by Crippen LogP contribution is 2.19. The van der Waals surface area contributed by atoms with Crippen molar-refractivity contribution in [2.75, 3.05) is 5.32 Å². The van der Waals surface area contributed by atoms with Crippen LogP contribution in [0, 0.1) is 0 Å². The molecule has 0 saturated heterocycles. The first kappa shape index (κ1) is 16.2. The van der Waals surface area contributed by atoms with Gasteiger partial charge >= 0.3 is 5.69 Å². The number of carbonyl (C=O) groups excluding carboxylic acids is 1. The Morgan fingerprint density at radius 2 is 2.15 bits per heavy atom. The predicted octanol–water partition coefficient (Wildman–Crippen LogP) is 2.54. The van der Waals surface area contributed by atoms with Crippen molar-refractivity contribution in [3.8, 4) is 0 Å². The van der Waals surface area contributed by atoms with Crippen LogP contribution in [0.2, 0.25) is 0 Å². The summed E-state index contributed by atoms with van der Waals surface area (Å²) in [7, 11) is 1.56. The second-order valence-corrected chi connectivity index (χ2v) is 4.85. The SMILES string of the molecule is C=C(/C=C(/Cl)C(=C)Cl)CC(=O)Nc1ccn(C)c(=O)n1. The highest BCUT2D eigenvalue weighted by Gasteiger charge is 2.06. The molecule has 1 heterocycles. The molecule has 7 heteroatoms. The number of nitrogens with one attached hydrogen (secondary N) is 1. The highest BCUT2D eigenvalue weighted by atomic mass is 35.5. The van der Waals surface area contributed by atoms with Crippen LogP contribution in [0.25, 0.3) is 0 Å². The monoisotopic (exact) mass is 313 g/mol. The summed E-state index contributed by atoms with van der Waals surface area (Å²) in [6, 6.07) is 1.52. The van der Waals surface area contributed by atoms with Crippen LogP contribution in [-0.4, -0.2) is 15.5 Å². The molecule has 1 N–H and O–H groups in total. The topological polar surface area (TPSA) is 64.0 Å². The van der Waals surface area contributed by atoms with Crippen LogP contribution in [0.1, 0.15) is 6.42 Å². The van der Waals surface area contributed by atoms with Crippen molar-refractivity contribution in [2.24, 2.45) is 7.05 Å². The van der Waals surface area contributed by atoms with Gasteiger partial charge in [0, 0.05) is 13.2 Å². The van der Waals surface area contributed by atoms with Crippen molar-refractivity contribution in [3.63, 3.8) is 0 Å². The molecule has 0 aromatic carbocycles. The van der Waals surface area contributed by atoms with Gasteiger partial charge in [-0.05, 0) is 17.7 Å². The third-order valence-corrected chi connectivity index (χ3v) is 2.86. The van der Waals surface area contributed by atoms with E-state index in [-0.39, 0.29) is 28.2 Å². The summed E-state index contributed by atoms with van der Waals surface area (Å²) in [5.41, 5.74) is 0.00106. The summed E-state index contributed by atoms with van der Waals surface area (Å²) < 4.78 is 1.29. The van der Waals surface area contributed by atoms with Crippen LogP contribution < -0.4 is 11.0 Å². The van der Waals surface area contributed by atoms with E-state index < -0.39 is 5.69 Å². The van der Waals surface area contributed by atoms with E-state index in [9.17, 15) is 9.59 Å². The molecule has 1 amide bonds. The fourth-order valence-corrected chi connectivity index (χ4v) is 1.45. The average molecular weight is 314 g/mol. The molecular weight excluding hydrogens is 301 g/mol. The van der Waals surface area contributed by atoms with E-state index >= 15 is 0 Å². The Labute approximate surface area is 126 Å². The third kappa shape index (κ3) is 5.03. The van der Waals surface area contributed by atoms with Gasteiger partial charge in [-0.3, -0.25) is 4.79 Å². The van der Waals surface area contributed by atoms with Crippen LogP contribution in [0.4, 0.5) is 5.82 Å². The maximum Gasteiger partial charge on any atom is 0.349 e. The summed E-state index contributed by atoms with van der Waals surface area (Å²) in [4.78, 5) is 26.7. The van der Waals surface area contributed by atoms with E-state index in [4.69, 9.17) is 23.2 Å². The molecule has 1 rings (SSSR count). The van der Waals surface area contributed by atoms with Gasteiger partial charge < -0.3 is 9.88 Å². The standard InChI is InChI=1S/C13H13Cl2N3O2/c1-8(6-10(15)9(2)14)7-12(19)16-11-4-5-18(3)13(20)17-11/h4-6H,1-2,7H2,3H3,(H,16,17,19,20)/b10-6+. The third-order valence-electron chi connectivity index (χ3n) is 2.22. The number of amides is 1. The van der Waals surface area contributed by atoms with Crippen LogP contribution in [0.5, 0.6) is 0 Å². The molecule has 0 fully saturated rings. The highest BCUT2D eigenvalue weighted by molar-refractivity contribution is 6.43. The van der Waals surface area contributed by atoms with Crippen molar-refractivity contribution in [1.29, 1.82) is 0 Å². The lowest BCUT2D eigenvalue weighted by atomic mass is 10.2. The maximum absolute atomic E-state index is 11.7. The van der Waals surface area contributed by atoms with Crippen molar-refractivity contribution in [2.45, 2.75) is 6.42 Å². The number of halogens is 2. The van der Waals surface area contributed by atoms with Crippen LogP contribution in [-0.2, 0) is 11.8 Å². The number of allylic oxidation sites excluding steroid dienone is 3. The van der Waals surface area contributed by atoms with Gasteiger partial charge in [0.05, 0.1) is 16.5 Å². The normalized spacial score (nSPS) is 11.1. The first-order chi connectivity index (χ1) is 9.29. The molecule has 0 aliphatic carbocycles. The average Bonchev–Trinajstić information content (AvgIpc) is 2.33. The van der Waals surface area contributed by atoms with E-state index in [0.29, 0.717) is 5.57 Å². The number of aryl methyl sites for hydroxylation is 1. The molecule has 5 nitrogen and oxygen atoms in total. The van der Waals surface area contributed by atoms with E-state index in [2.05, 4.69) is 23.5 Å². The van der Waals surface area contributed by atoms with Crippen molar-refractivity contribution in [3.05, 3.63) is 57.6 Å². The van der Waals surface area contributed by atoms with E-state index in [1.807, 2.05) is 0 Å². The molecule has 0 radical (unpaired) electrons. The van der Waals surface area contributed by atoms with Crippen LogP contribution in [0.15, 0.2) is 51.9 Å². The van der Waals surface area contributed by atoms with Gasteiger partial charge in [0.15, 0.2) is 0 Å². The lowest BCUT2D eigenvalue weighted by Crippen LogP contribution is -2.22. The smallest absolute Gasteiger partial charge is 0.310 e. The van der Waals surface area contributed by atoms with Crippen molar-refractivity contribution < 1.29 is 4.79 Å². The first-order valence-electron chi connectivity index (χ1n) is 5.53. The second-order valence-electron chi connectivity index (χ2n) is 3.99. The number of nitrogens with zero attached hydrogens (tertiary/aromatic N) is 2. The lowest BCUT2D eigenvalue weighted by molar-refractivity contribution is -0.115. The van der Waals surface area contributed by atoms with Gasteiger partial charge in [-0.1, -0.05) is 36.4 Å². The second kappa shape index (κ2) is 7.07. The van der Waals surface area contributed by atoms with Gasteiger partial charge in [0.25, 0.3) is 0 Å².